The van der Waals surface area contributed by atoms with Crippen molar-refractivity contribution in [1.82, 2.24) is 0 Å². The molecule has 0 aromatic rings. The normalized spacial score (nSPS) is 13.7. The molecular formula is C12H22. The smallest absolute Gasteiger partial charge is 0.0140 e. The van der Waals surface area contributed by atoms with Crippen molar-refractivity contribution < 1.29 is 0 Å². The molecule has 0 aliphatic rings. The average molecular weight is 166 g/mol. The minimum Gasteiger partial charge on any atom is -0.103 e. The number of allylic oxidation sites excluding steroid dienone is 3. The molecule has 0 unspecified atom stereocenters. The Balaban J connectivity index is 4.32. The van der Waals surface area contributed by atoms with Crippen LogP contribution >= 0.6 is 0 Å². The van der Waals surface area contributed by atoms with Crippen molar-refractivity contribution in [3.63, 3.8) is 0 Å². The van der Waals surface area contributed by atoms with Crippen LogP contribution in [0.1, 0.15) is 41.0 Å². The van der Waals surface area contributed by atoms with Gasteiger partial charge in [0.05, 0.1) is 0 Å². The third-order valence-electron chi connectivity index (χ3n) is 2.32. The molecule has 0 atom stereocenters. The Morgan fingerprint density at radius 1 is 1.42 bits per heavy atom. The van der Waals surface area contributed by atoms with E-state index in [2.05, 4.69) is 47.3 Å². The second-order valence-electron chi connectivity index (χ2n) is 4.39. The Morgan fingerprint density at radius 3 is 2.17 bits per heavy atom. The highest BCUT2D eigenvalue weighted by atomic mass is 14.2. The van der Waals surface area contributed by atoms with Gasteiger partial charge >= 0.3 is 0 Å². The fourth-order valence-electron chi connectivity index (χ4n) is 1.24. The van der Waals surface area contributed by atoms with Gasteiger partial charge in [0.25, 0.3) is 0 Å². The molecule has 0 aromatic heterocycles. The lowest BCUT2D eigenvalue weighted by molar-refractivity contribution is 0.454. The van der Waals surface area contributed by atoms with E-state index >= 15 is 0 Å². The molecule has 70 valence electrons. The van der Waals surface area contributed by atoms with Gasteiger partial charge in [0.15, 0.2) is 0 Å². The first-order chi connectivity index (χ1) is 5.43. The second kappa shape index (κ2) is 4.49. The Kier molecular flexibility index (Phi) is 4.30. The molecule has 0 fully saturated rings. The van der Waals surface area contributed by atoms with E-state index in [1.54, 1.807) is 0 Å². The van der Waals surface area contributed by atoms with E-state index in [0.29, 0.717) is 5.92 Å². The van der Waals surface area contributed by atoms with E-state index in [1.165, 1.54) is 5.57 Å². The summed E-state index contributed by atoms with van der Waals surface area (Å²) in [7, 11) is 0. The van der Waals surface area contributed by atoms with Gasteiger partial charge in [0.2, 0.25) is 0 Å². The molecule has 0 heteroatoms. The van der Waals surface area contributed by atoms with Gasteiger partial charge in [-0.15, -0.1) is 6.58 Å². The maximum Gasteiger partial charge on any atom is -0.0140 e. The van der Waals surface area contributed by atoms with Gasteiger partial charge in [-0.2, -0.15) is 0 Å². The zero-order valence-electron chi connectivity index (χ0n) is 9.15. The predicted molar refractivity (Wildman–Crippen MR) is 57.2 cm³/mol. The SMILES string of the molecule is C=CC(C)(C)CC(=CC)C(C)C. The van der Waals surface area contributed by atoms with Crippen LogP contribution in [0.4, 0.5) is 0 Å². The van der Waals surface area contributed by atoms with Crippen molar-refractivity contribution >= 4 is 0 Å². The summed E-state index contributed by atoms with van der Waals surface area (Å²) in [5.74, 6) is 0.661. The topological polar surface area (TPSA) is 0 Å². The highest BCUT2D eigenvalue weighted by Gasteiger charge is 2.16. The molecule has 0 aliphatic heterocycles. The molecule has 0 aliphatic carbocycles. The molecule has 0 amide bonds. The van der Waals surface area contributed by atoms with Gasteiger partial charge in [-0.05, 0) is 24.7 Å². The summed E-state index contributed by atoms with van der Waals surface area (Å²) in [6, 6.07) is 0. The van der Waals surface area contributed by atoms with Crippen molar-refractivity contribution in [3.8, 4) is 0 Å². The minimum atomic E-state index is 0.242. The third kappa shape index (κ3) is 3.75. The lowest BCUT2D eigenvalue weighted by Crippen LogP contribution is -2.10. The molecule has 0 radical (unpaired) electrons. The van der Waals surface area contributed by atoms with Crippen LogP contribution in [-0.4, -0.2) is 0 Å². The fraction of sp³-hybridized carbons (Fsp3) is 0.667. The van der Waals surface area contributed by atoms with Gasteiger partial charge in [-0.25, -0.2) is 0 Å². The largest absolute Gasteiger partial charge is 0.103 e. The fourth-order valence-corrected chi connectivity index (χ4v) is 1.24. The van der Waals surface area contributed by atoms with Crippen LogP contribution in [-0.2, 0) is 0 Å². The zero-order valence-corrected chi connectivity index (χ0v) is 9.15. The van der Waals surface area contributed by atoms with E-state index < -0.39 is 0 Å². The van der Waals surface area contributed by atoms with Gasteiger partial charge in [-0.1, -0.05) is 45.4 Å². The highest BCUT2D eigenvalue weighted by Crippen LogP contribution is 2.29. The van der Waals surface area contributed by atoms with Crippen molar-refractivity contribution in [2.75, 3.05) is 0 Å². The summed E-state index contributed by atoms with van der Waals surface area (Å²) in [4.78, 5) is 0. The van der Waals surface area contributed by atoms with E-state index in [4.69, 9.17) is 0 Å². The second-order valence-corrected chi connectivity index (χ2v) is 4.39. The first-order valence-electron chi connectivity index (χ1n) is 4.71. The van der Waals surface area contributed by atoms with Crippen LogP contribution < -0.4 is 0 Å². The first kappa shape index (κ1) is 11.5. The first-order valence-corrected chi connectivity index (χ1v) is 4.71. The van der Waals surface area contributed by atoms with Crippen LogP contribution in [0.15, 0.2) is 24.3 Å². The summed E-state index contributed by atoms with van der Waals surface area (Å²) in [6.07, 6.45) is 5.40. The van der Waals surface area contributed by atoms with E-state index in [9.17, 15) is 0 Å². The van der Waals surface area contributed by atoms with E-state index in [0.717, 1.165) is 6.42 Å². The number of rotatable bonds is 4. The summed E-state index contributed by atoms with van der Waals surface area (Å²) in [5, 5.41) is 0. The molecule has 0 saturated heterocycles. The van der Waals surface area contributed by atoms with Crippen LogP contribution in [0.2, 0.25) is 0 Å². The Morgan fingerprint density at radius 2 is 1.92 bits per heavy atom. The van der Waals surface area contributed by atoms with E-state index in [-0.39, 0.29) is 5.41 Å². The molecule has 0 aromatic carbocycles. The van der Waals surface area contributed by atoms with Gasteiger partial charge in [-0.3, -0.25) is 0 Å². The van der Waals surface area contributed by atoms with Crippen LogP contribution in [0, 0.1) is 11.3 Å². The van der Waals surface area contributed by atoms with Crippen LogP contribution in [0.5, 0.6) is 0 Å². The molecule has 0 nitrogen and oxygen atoms in total. The van der Waals surface area contributed by atoms with Crippen molar-refractivity contribution in [1.29, 1.82) is 0 Å². The summed E-state index contributed by atoms with van der Waals surface area (Å²) in [6.45, 7) is 14.9. The van der Waals surface area contributed by atoms with Gasteiger partial charge in [0.1, 0.15) is 0 Å². The Labute approximate surface area is 77.4 Å². The molecule has 0 N–H and O–H groups in total. The molecule has 0 heterocycles. The molecule has 12 heavy (non-hydrogen) atoms. The highest BCUT2D eigenvalue weighted by molar-refractivity contribution is 5.09. The Hall–Kier alpha value is -0.520. The van der Waals surface area contributed by atoms with Crippen LogP contribution in [0.3, 0.4) is 0 Å². The standard InChI is InChI=1S/C12H22/c1-7-11(10(3)4)9-12(5,6)8-2/h7-8,10H,2,9H2,1,3-6H3. The van der Waals surface area contributed by atoms with Crippen molar-refractivity contribution in [3.05, 3.63) is 24.3 Å². The molecular weight excluding hydrogens is 144 g/mol. The summed E-state index contributed by atoms with van der Waals surface area (Å²) in [5.41, 5.74) is 1.77. The number of hydrogen-bond donors (Lipinski definition) is 0. The van der Waals surface area contributed by atoms with Crippen LogP contribution in [0.25, 0.3) is 0 Å². The molecule has 0 spiro atoms. The summed E-state index contributed by atoms with van der Waals surface area (Å²) < 4.78 is 0. The van der Waals surface area contributed by atoms with Gasteiger partial charge in [0, 0.05) is 0 Å². The lowest BCUT2D eigenvalue weighted by atomic mass is 9.82. The molecule has 0 saturated carbocycles. The monoisotopic (exact) mass is 166 g/mol. The van der Waals surface area contributed by atoms with Gasteiger partial charge < -0.3 is 0 Å². The molecule has 0 bridgehead atoms. The maximum absolute atomic E-state index is 3.85. The predicted octanol–water partition coefficient (Wildman–Crippen LogP) is 4.19. The summed E-state index contributed by atoms with van der Waals surface area (Å²) >= 11 is 0. The lowest BCUT2D eigenvalue weighted by Gasteiger charge is -2.23. The van der Waals surface area contributed by atoms with E-state index in [1.807, 2.05) is 6.08 Å². The maximum atomic E-state index is 3.85. The third-order valence-corrected chi connectivity index (χ3v) is 2.32. The molecule has 0 rings (SSSR count). The van der Waals surface area contributed by atoms with Crippen molar-refractivity contribution in [2.24, 2.45) is 11.3 Å². The van der Waals surface area contributed by atoms with Crippen molar-refractivity contribution in [2.45, 2.75) is 41.0 Å². The minimum absolute atomic E-state index is 0.242. The Bertz CT molecular complexity index is 170. The average Bonchev–Trinajstić information content (AvgIpc) is 2.00. The number of hydrogen-bond acceptors (Lipinski definition) is 0. The zero-order chi connectivity index (χ0) is 9.78. The quantitative estimate of drug-likeness (QED) is 0.549.